The minimum atomic E-state index is -4.85. The predicted octanol–water partition coefficient (Wildman–Crippen LogP) is 4.19. The molecule has 2 aromatic carbocycles. The van der Waals surface area contributed by atoms with Gasteiger partial charge >= 0.3 is 6.36 Å². The number of hydrogen-bond donors (Lipinski definition) is 1. The van der Waals surface area contributed by atoms with Gasteiger partial charge in [0, 0.05) is 12.1 Å². The number of para-hydroxylation sites is 1. The Balaban J connectivity index is 2.15. The molecular formula is C17H18F3NO3S. The van der Waals surface area contributed by atoms with Crippen LogP contribution in [0.2, 0.25) is 0 Å². The third kappa shape index (κ3) is 5.47. The molecule has 25 heavy (non-hydrogen) atoms. The maximum Gasteiger partial charge on any atom is 0.573 e. The quantitative estimate of drug-likeness (QED) is 0.826. The largest absolute Gasteiger partial charge is 0.573 e. The van der Waals surface area contributed by atoms with E-state index in [4.69, 9.17) is 0 Å². The summed E-state index contributed by atoms with van der Waals surface area (Å²) in [4.78, 5) is 0.0473. The summed E-state index contributed by atoms with van der Waals surface area (Å²) >= 11 is 0. The molecule has 8 heteroatoms. The van der Waals surface area contributed by atoms with Crippen molar-refractivity contribution in [1.82, 2.24) is 4.72 Å². The Morgan fingerprint density at radius 2 is 1.64 bits per heavy atom. The number of halogens is 3. The Labute approximate surface area is 144 Å². The summed E-state index contributed by atoms with van der Waals surface area (Å²) in [6.45, 7) is 3.65. The van der Waals surface area contributed by atoms with E-state index in [1.54, 1.807) is 12.1 Å². The molecule has 0 amide bonds. The van der Waals surface area contributed by atoms with Crippen molar-refractivity contribution in [3.05, 3.63) is 59.7 Å². The summed E-state index contributed by atoms with van der Waals surface area (Å²) in [6.07, 6.45) is -4.85. The number of alkyl halides is 3. The first-order valence-electron chi connectivity index (χ1n) is 7.52. The number of rotatable bonds is 6. The van der Waals surface area contributed by atoms with E-state index < -0.39 is 22.1 Å². The van der Waals surface area contributed by atoms with Gasteiger partial charge in [0.1, 0.15) is 5.75 Å². The molecule has 0 spiro atoms. The molecule has 0 atom stereocenters. The predicted molar refractivity (Wildman–Crippen MR) is 87.7 cm³/mol. The van der Waals surface area contributed by atoms with Gasteiger partial charge in [-0.25, -0.2) is 13.1 Å². The maximum absolute atomic E-state index is 12.4. The molecule has 0 radical (unpaired) electrons. The second-order valence-corrected chi connectivity index (χ2v) is 7.47. The Morgan fingerprint density at radius 1 is 1.04 bits per heavy atom. The maximum atomic E-state index is 12.4. The van der Waals surface area contributed by atoms with Crippen molar-refractivity contribution in [3.8, 4) is 5.75 Å². The highest BCUT2D eigenvalue weighted by Crippen LogP contribution is 2.26. The van der Waals surface area contributed by atoms with Gasteiger partial charge in [-0.2, -0.15) is 0 Å². The van der Waals surface area contributed by atoms with Gasteiger partial charge in [0.25, 0.3) is 0 Å². The normalized spacial score (nSPS) is 12.4. The van der Waals surface area contributed by atoms with Crippen LogP contribution in [0.4, 0.5) is 13.2 Å². The summed E-state index contributed by atoms with van der Waals surface area (Å²) in [7, 11) is -3.85. The summed E-state index contributed by atoms with van der Waals surface area (Å²) < 4.78 is 68.0. The van der Waals surface area contributed by atoms with Crippen molar-refractivity contribution >= 4 is 10.0 Å². The number of benzene rings is 2. The highest BCUT2D eigenvalue weighted by molar-refractivity contribution is 7.89. The topological polar surface area (TPSA) is 55.4 Å². The Hall–Kier alpha value is -2.06. The van der Waals surface area contributed by atoms with Crippen LogP contribution in [0.1, 0.15) is 30.9 Å². The minimum absolute atomic E-state index is 0.0473. The molecule has 136 valence electrons. The zero-order valence-corrected chi connectivity index (χ0v) is 14.5. The summed E-state index contributed by atoms with van der Waals surface area (Å²) in [5, 5.41) is 0. The molecule has 0 aliphatic rings. The molecule has 0 aliphatic carbocycles. The van der Waals surface area contributed by atoms with Crippen LogP contribution >= 0.6 is 0 Å². The van der Waals surface area contributed by atoms with Gasteiger partial charge in [-0.3, -0.25) is 0 Å². The summed E-state index contributed by atoms with van der Waals surface area (Å²) in [6, 6.07) is 11.7. The fraction of sp³-hybridized carbons (Fsp3) is 0.294. The molecule has 0 saturated carbocycles. The molecule has 4 nitrogen and oxygen atoms in total. The van der Waals surface area contributed by atoms with E-state index in [1.807, 2.05) is 13.8 Å². The second kappa shape index (κ2) is 7.45. The molecule has 0 heterocycles. The fourth-order valence-electron chi connectivity index (χ4n) is 2.16. The Bertz CT molecular complexity index is 816. The molecule has 0 unspecified atom stereocenters. The highest BCUT2D eigenvalue weighted by Gasteiger charge is 2.32. The molecule has 1 N–H and O–H groups in total. The van der Waals surface area contributed by atoms with Crippen LogP contribution in [-0.2, 0) is 16.6 Å². The van der Waals surface area contributed by atoms with Crippen LogP contribution in [0.5, 0.6) is 5.75 Å². The lowest BCUT2D eigenvalue weighted by atomic mass is 10.0. The zero-order chi connectivity index (χ0) is 18.7. The average molecular weight is 373 g/mol. The molecule has 2 aromatic rings. The molecular weight excluding hydrogens is 355 g/mol. The van der Waals surface area contributed by atoms with Gasteiger partial charge in [-0.05, 0) is 29.7 Å². The molecule has 0 fully saturated rings. The summed E-state index contributed by atoms with van der Waals surface area (Å²) in [5.74, 6) is -0.177. The van der Waals surface area contributed by atoms with E-state index in [9.17, 15) is 21.6 Å². The van der Waals surface area contributed by atoms with Crippen LogP contribution in [0.25, 0.3) is 0 Å². The van der Waals surface area contributed by atoms with Crippen molar-refractivity contribution in [2.24, 2.45) is 0 Å². The van der Waals surface area contributed by atoms with Gasteiger partial charge in [0.05, 0.1) is 4.90 Å². The van der Waals surface area contributed by atoms with Crippen LogP contribution in [-0.4, -0.2) is 14.8 Å². The zero-order valence-electron chi connectivity index (χ0n) is 13.7. The molecule has 0 saturated heterocycles. The average Bonchev–Trinajstić information content (AvgIpc) is 2.53. The van der Waals surface area contributed by atoms with Gasteiger partial charge in [0.15, 0.2) is 0 Å². The molecule has 0 bridgehead atoms. The Kier molecular flexibility index (Phi) is 5.74. The smallest absolute Gasteiger partial charge is 0.405 e. The summed E-state index contributed by atoms with van der Waals surface area (Å²) in [5.41, 5.74) is 1.07. The SMILES string of the molecule is CC(C)c1ccc(S(=O)(=O)NCc2ccccc2OC(F)(F)F)cc1. The van der Waals surface area contributed by atoms with Crippen LogP contribution in [0.15, 0.2) is 53.4 Å². The van der Waals surface area contributed by atoms with Gasteiger partial charge in [-0.1, -0.05) is 44.2 Å². The highest BCUT2D eigenvalue weighted by atomic mass is 32.2. The van der Waals surface area contributed by atoms with Gasteiger partial charge < -0.3 is 4.74 Å². The van der Waals surface area contributed by atoms with E-state index in [-0.39, 0.29) is 22.9 Å². The van der Waals surface area contributed by atoms with Crippen LogP contribution in [0.3, 0.4) is 0 Å². The van der Waals surface area contributed by atoms with E-state index in [1.165, 1.54) is 30.3 Å². The van der Waals surface area contributed by atoms with E-state index in [2.05, 4.69) is 9.46 Å². The second-order valence-electron chi connectivity index (χ2n) is 5.70. The van der Waals surface area contributed by atoms with Crippen molar-refractivity contribution in [3.63, 3.8) is 0 Å². The Morgan fingerprint density at radius 3 is 2.20 bits per heavy atom. The van der Waals surface area contributed by atoms with Crippen molar-refractivity contribution in [2.45, 2.75) is 37.6 Å². The number of nitrogens with one attached hydrogen (secondary N) is 1. The monoisotopic (exact) mass is 373 g/mol. The lowest BCUT2D eigenvalue weighted by molar-refractivity contribution is -0.274. The number of sulfonamides is 1. The third-order valence-electron chi connectivity index (χ3n) is 3.51. The van der Waals surface area contributed by atoms with Crippen molar-refractivity contribution < 1.29 is 26.3 Å². The van der Waals surface area contributed by atoms with Gasteiger partial charge in [0.2, 0.25) is 10.0 Å². The fourth-order valence-corrected chi connectivity index (χ4v) is 3.17. The molecule has 0 aromatic heterocycles. The van der Waals surface area contributed by atoms with Gasteiger partial charge in [-0.15, -0.1) is 13.2 Å². The lowest BCUT2D eigenvalue weighted by Gasteiger charge is -2.14. The van der Waals surface area contributed by atoms with E-state index >= 15 is 0 Å². The standard InChI is InChI=1S/C17H18F3NO3S/c1-12(2)13-7-9-15(10-8-13)25(22,23)21-11-14-5-3-4-6-16(14)24-17(18,19)20/h3-10,12,21H,11H2,1-2H3. The number of hydrogen-bond acceptors (Lipinski definition) is 3. The molecule has 2 rings (SSSR count). The van der Waals surface area contributed by atoms with Crippen LogP contribution < -0.4 is 9.46 Å². The third-order valence-corrected chi connectivity index (χ3v) is 4.93. The van der Waals surface area contributed by atoms with Crippen molar-refractivity contribution in [1.29, 1.82) is 0 Å². The molecule has 0 aliphatic heterocycles. The van der Waals surface area contributed by atoms with E-state index in [0.29, 0.717) is 0 Å². The van der Waals surface area contributed by atoms with Crippen molar-refractivity contribution in [2.75, 3.05) is 0 Å². The lowest BCUT2D eigenvalue weighted by Crippen LogP contribution is -2.24. The van der Waals surface area contributed by atoms with Crippen LogP contribution in [0, 0.1) is 0 Å². The minimum Gasteiger partial charge on any atom is -0.405 e. The first-order chi connectivity index (χ1) is 11.6. The first-order valence-corrected chi connectivity index (χ1v) is 9.00. The van der Waals surface area contributed by atoms with E-state index in [0.717, 1.165) is 11.6 Å². The first kappa shape index (κ1) is 19.3. The number of ether oxygens (including phenoxy) is 1.